The van der Waals surface area contributed by atoms with E-state index in [0.717, 1.165) is 53.6 Å². The van der Waals surface area contributed by atoms with Gasteiger partial charge in [0, 0.05) is 5.56 Å². The van der Waals surface area contributed by atoms with Crippen LogP contribution in [0.25, 0.3) is 33.8 Å². The summed E-state index contributed by atoms with van der Waals surface area (Å²) >= 11 is 0. The van der Waals surface area contributed by atoms with Crippen molar-refractivity contribution in [2.45, 2.75) is 45.1 Å². The van der Waals surface area contributed by atoms with Crippen molar-refractivity contribution in [3.05, 3.63) is 47.4 Å². The summed E-state index contributed by atoms with van der Waals surface area (Å²) in [6, 6.07) is 10.1. The van der Waals surface area contributed by atoms with E-state index in [1.807, 2.05) is 25.1 Å². The Kier molecular flexibility index (Phi) is 3.80. The molecule has 0 spiro atoms. The maximum Gasteiger partial charge on any atom is 0.259 e. The predicted molar refractivity (Wildman–Crippen MR) is 104 cm³/mol. The molecule has 0 bridgehead atoms. The Balaban J connectivity index is 1.67. The van der Waals surface area contributed by atoms with E-state index in [1.165, 1.54) is 5.56 Å². The second kappa shape index (κ2) is 6.24. The van der Waals surface area contributed by atoms with Crippen LogP contribution in [0.4, 0.5) is 0 Å². The minimum atomic E-state index is -0.503. The molecule has 0 amide bonds. The number of benzene rings is 1. The van der Waals surface area contributed by atoms with Gasteiger partial charge in [-0.1, -0.05) is 53.0 Å². The molecule has 1 aliphatic carbocycles. The lowest BCUT2D eigenvalue weighted by atomic mass is 9.98. The molecule has 0 saturated heterocycles. The first-order chi connectivity index (χ1) is 13.5. The summed E-state index contributed by atoms with van der Waals surface area (Å²) in [7, 11) is 0. The fourth-order valence-corrected chi connectivity index (χ4v) is 3.90. The maximum absolute atomic E-state index is 6.50. The summed E-state index contributed by atoms with van der Waals surface area (Å²) in [5.74, 6) is 0.981. The number of fused-ring (bicyclic) bond motifs is 1. The Morgan fingerprint density at radius 2 is 1.71 bits per heavy atom. The number of hydrogen-bond acceptors (Lipinski definition) is 7. The van der Waals surface area contributed by atoms with E-state index in [4.69, 9.17) is 14.8 Å². The molecule has 0 unspecified atom stereocenters. The second-order valence-electron chi connectivity index (χ2n) is 7.66. The fraction of sp³-hybridized carbons (Fsp3) is 0.333. The van der Waals surface area contributed by atoms with Gasteiger partial charge in [-0.2, -0.15) is 4.98 Å². The molecule has 1 saturated carbocycles. The van der Waals surface area contributed by atoms with E-state index in [2.05, 4.69) is 39.3 Å². The van der Waals surface area contributed by atoms with Crippen molar-refractivity contribution in [3.8, 4) is 22.7 Å². The van der Waals surface area contributed by atoms with Gasteiger partial charge in [0.2, 0.25) is 0 Å². The molecule has 4 aromatic rings. The van der Waals surface area contributed by atoms with Crippen molar-refractivity contribution in [3.63, 3.8) is 0 Å². The third kappa shape index (κ3) is 2.70. The number of aromatic nitrogens is 4. The van der Waals surface area contributed by atoms with Gasteiger partial charge in [0.25, 0.3) is 11.6 Å². The molecule has 5 rings (SSSR count). The lowest BCUT2D eigenvalue weighted by molar-refractivity contribution is 0.373. The van der Waals surface area contributed by atoms with Crippen LogP contribution >= 0.6 is 0 Å². The molecular weight excluding hydrogens is 354 g/mol. The van der Waals surface area contributed by atoms with Gasteiger partial charge in [-0.3, -0.25) is 0 Å². The van der Waals surface area contributed by atoms with E-state index in [1.54, 1.807) is 0 Å². The smallest absolute Gasteiger partial charge is 0.259 e. The molecule has 0 atom stereocenters. The summed E-state index contributed by atoms with van der Waals surface area (Å²) in [6.45, 7) is 3.93. The van der Waals surface area contributed by atoms with E-state index in [0.29, 0.717) is 17.4 Å². The van der Waals surface area contributed by atoms with Crippen LogP contribution < -0.4 is 5.73 Å². The van der Waals surface area contributed by atoms with Gasteiger partial charge in [-0.25, -0.2) is 4.98 Å². The van der Waals surface area contributed by atoms with Crippen LogP contribution in [0.2, 0.25) is 0 Å². The quantitative estimate of drug-likeness (QED) is 0.570. The summed E-state index contributed by atoms with van der Waals surface area (Å²) in [4.78, 5) is 9.29. The van der Waals surface area contributed by atoms with Gasteiger partial charge in [0.1, 0.15) is 0 Å². The SMILES string of the molecule is Cc1ccc(-c2cc(-c3nc(C4(N)CCCC4)no3)c3c(C)noc3n2)cc1. The van der Waals surface area contributed by atoms with Crippen LogP contribution in [0.1, 0.15) is 42.8 Å². The molecule has 1 aliphatic rings. The van der Waals surface area contributed by atoms with Gasteiger partial charge in [-0.05, 0) is 32.8 Å². The van der Waals surface area contributed by atoms with Crippen LogP contribution in [0.5, 0.6) is 0 Å². The zero-order chi connectivity index (χ0) is 19.3. The zero-order valence-corrected chi connectivity index (χ0v) is 15.9. The predicted octanol–water partition coefficient (Wildman–Crippen LogP) is 4.28. The van der Waals surface area contributed by atoms with E-state index < -0.39 is 5.54 Å². The highest BCUT2D eigenvalue weighted by Gasteiger charge is 2.36. The molecule has 0 aliphatic heterocycles. The van der Waals surface area contributed by atoms with Crippen molar-refractivity contribution in [2.75, 3.05) is 0 Å². The molecular formula is C21H21N5O2. The Hall–Kier alpha value is -3.06. The van der Waals surface area contributed by atoms with Crippen molar-refractivity contribution in [1.29, 1.82) is 0 Å². The van der Waals surface area contributed by atoms with E-state index >= 15 is 0 Å². The minimum Gasteiger partial charge on any atom is -0.335 e. The van der Waals surface area contributed by atoms with Crippen LogP contribution in [-0.2, 0) is 5.54 Å². The maximum atomic E-state index is 6.50. The van der Waals surface area contributed by atoms with Crippen LogP contribution in [-0.4, -0.2) is 20.3 Å². The summed E-state index contributed by atoms with van der Waals surface area (Å²) < 4.78 is 11.1. The normalized spacial score (nSPS) is 16.1. The van der Waals surface area contributed by atoms with Gasteiger partial charge >= 0.3 is 0 Å². The molecule has 1 fully saturated rings. The lowest BCUT2D eigenvalue weighted by Gasteiger charge is -2.17. The van der Waals surface area contributed by atoms with Crippen LogP contribution in [0, 0.1) is 13.8 Å². The molecule has 7 heteroatoms. The van der Waals surface area contributed by atoms with Crippen LogP contribution in [0.3, 0.4) is 0 Å². The monoisotopic (exact) mass is 375 g/mol. The minimum absolute atomic E-state index is 0.416. The third-order valence-electron chi connectivity index (χ3n) is 5.56. The average molecular weight is 375 g/mol. The second-order valence-corrected chi connectivity index (χ2v) is 7.66. The lowest BCUT2D eigenvalue weighted by Crippen LogP contribution is -2.34. The molecule has 0 radical (unpaired) electrons. The summed E-state index contributed by atoms with van der Waals surface area (Å²) in [5.41, 5.74) is 10.9. The Labute approximate surface area is 161 Å². The number of aryl methyl sites for hydroxylation is 2. The van der Waals surface area contributed by atoms with Crippen LogP contribution in [0.15, 0.2) is 39.4 Å². The Morgan fingerprint density at radius 1 is 0.964 bits per heavy atom. The van der Waals surface area contributed by atoms with Gasteiger partial charge in [-0.15, -0.1) is 0 Å². The zero-order valence-electron chi connectivity index (χ0n) is 15.9. The first kappa shape index (κ1) is 17.1. The molecule has 142 valence electrons. The number of nitrogens with zero attached hydrogens (tertiary/aromatic N) is 4. The molecule has 3 heterocycles. The van der Waals surface area contributed by atoms with E-state index in [-0.39, 0.29) is 0 Å². The Bertz CT molecular complexity index is 1150. The van der Waals surface area contributed by atoms with Gasteiger partial charge < -0.3 is 14.8 Å². The average Bonchev–Trinajstić information content (AvgIpc) is 3.43. The molecule has 1 aromatic carbocycles. The molecule has 28 heavy (non-hydrogen) atoms. The van der Waals surface area contributed by atoms with Gasteiger partial charge in [0.15, 0.2) is 5.82 Å². The summed E-state index contributed by atoms with van der Waals surface area (Å²) in [6.07, 6.45) is 3.92. The fourth-order valence-electron chi connectivity index (χ4n) is 3.90. The first-order valence-electron chi connectivity index (χ1n) is 9.51. The highest BCUT2D eigenvalue weighted by atomic mass is 16.5. The largest absolute Gasteiger partial charge is 0.335 e. The molecule has 7 nitrogen and oxygen atoms in total. The highest BCUT2D eigenvalue weighted by molar-refractivity contribution is 5.93. The highest BCUT2D eigenvalue weighted by Crippen LogP contribution is 2.37. The standard InChI is InChI=1S/C21H21N5O2/c1-12-5-7-14(8-6-12)16-11-15(17-13(2)25-28-19(17)23-16)18-24-20(26-27-18)21(22)9-3-4-10-21/h5-8,11H,3-4,9-10,22H2,1-2H3. The van der Waals surface area contributed by atoms with Crippen molar-refractivity contribution in [1.82, 2.24) is 20.3 Å². The van der Waals surface area contributed by atoms with Crippen molar-refractivity contribution in [2.24, 2.45) is 5.73 Å². The van der Waals surface area contributed by atoms with E-state index in [9.17, 15) is 0 Å². The first-order valence-corrected chi connectivity index (χ1v) is 9.51. The third-order valence-corrected chi connectivity index (χ3v) is 5.56. The summed E-state index contributed by atoms with van der Waals surface area (Å²) in [5, 5.41) is 9.06. The number of hydrogen-bond donors (Lipinski definition) is 1. The number of rotatable bonds is 3. The number of pyridine rings is 1. The topological polar surface area (TPSA) is 104 Å². The number of nitrogens with two attached hydrogens (primary N) is 1. The Morgan fingerprint density at radius 3 is 2.46 bits per heavy atom. The molecule has 2 N–H and O–H groups in total. The van der Waals surface area contributed by atoms with Gasteiger partial charge in [0.05, 0.1) is 27.9 Å². The van der Waals surface area contributed by atoms with Crippen molar-refractivity contribution < 1.29 is 9.05 Å². The van der Waals surface area contributed by atoms with Crippen molar-refractivity contribution >= 4 is 11.1 Å². The molecule has 3 aromatic heterocycles.